The largest absolute Gasteiger partial charge is 0.262 e. The van der Waals surface area contributed by atoms with Crippen LogP contribution in [-0.4, -0.2) is 22.4 Å². The van der Waals surface area contributed by atoms with Crippen LogP contribution in [0.15, 0.2) is 17.3 Å². The van der Waals surface area contributed by atoms with E-state index in [1.807, 2.05) is 0 Å². The van der Waals surface area contributed by atoms with Gasteiger partial charge in [0.05, 0.1) is 6.20 Å². The van der Waals surface area contributed by atoms with Crippen LogP contribution in [0.4, 0.5) is 0 Å². The van der Waals surface area contributed by atoms with Gasteiger partial charge in [-0.3, -0.25) is 4.99 Å². The Hall–Kier alpha value is -1.39. The number of hydrogen-bond donors (Lipinski definition) is 0. The summed E-state index contributed by atoms with van der Waals surface area (Å²) in [5.74, 6) is 0. The number of nitrogens with zero attached hydrogens (tertiary/aromatic N) is 3. The van der Waals surface area contributed by atoms with Crippen molar-refractivity contribution >= 4 is 6.21 Å². The highest BCUT2D eigenvalue weighted by Gasteiger charge is 2.19. The van der Waals surface area contributed by atoms with Gasteiger partial charge in [0, 0.05) is 6.21 Å². The highest BCUT2D eigenvalue weighted by Crippen LogP contribution is 2.03. The summed E-state index contributed by atoms with van der Waals surface area (Å²) in [6.07, 6.45) is 3.66. The molecule has 5 nitrogen and oxygen atoms in total. The number of rotatable bonds is 1. The lowest BCUT2D eigenvalue weighted by molar-refractivity contribution is -0.646. The molecule has 0 fully saturated rings. The summed E-state index contributed by atoms with van der Waals surface area (Å²) in [6.45, 7) is 3.44. The molecule has 0 bridgehead atoms. The van der Waals surface area contributed by atoms with E-state index in [1.165, 1.54) is 18.5 Å². The van der Waals surface area contributed by atoms with Gasteiger partial charge < -0.3 is 0 Å². The normalized spacial score (nSPS) is 23.3. The van der Waals surface area contributed by atoms with Crippen molar-refractivity contribution in [3.63, 3.8) is 0 Å². The molecule has 10 heavy (non-hydrogen) atoms. The summed E-state index contributed by atoms with van der Waals surface area (Å²) in [7, 11) is 0. The number of hydrogen-bond acceptors (Lipinski definition) is 3. The van der Waals surface area contributed by atoms with Gasteiger partial charge in [-0.05, 0) is 13.0 Å². The van der Waals surface area contributed by atoms with Gasteiger partial charge in [0.1, 0.15) is 0 Å². The van der Waals surface area contributed by atoms with Crippen LogP contribution in [0, 0.1) is 17.0 Å². The highest BCUT2D eigenvalue weighted by molar-refractivity contribution is 5.71. The van der Waals surface area contributed by atoms with Crippen LogP contribution >= 0.6 is 0 Å². The summed E-state index contributed by atoms with van der Waals surface area (Å²) in [4.78, 5) is 13.8. The molecule has 1 aliphatic heterocycles. The highest BCUT2D eigenvalue weighted by atomic mass is 16.7. The lowest BCUT2D eigenvalue weighted by Crippen LogP contribution is -2.33. The minimum atomic E-state index is -0.639. The van der Waals surface area contributed by atoms with Crippen LogP contribution in [0.2, 0.25) is 0 Å². The van der Waals surface area contributed by atoms with E-state index in [1.54, 1.807) is 0 Å². The Morgan fingerprint density at radius 3 is 2.90 bits per heavy atom. The molecule has 1 aliphatic rings. The minimum Gasteiger partial charge on any atom is -0.262 e. The molecule has 0 amide bonds. The van der Waals surface area contributed by atoms with Crippen molar-refractivity contribution in [1.29, 1.82) is 0 Å². The summed E-state index contributed by atoms with van der Waals surface area (Å²) < 4.78 is 0. The van der Waals surface area contributed by atoms with E-state index in [0.29, 0.717) is 0 Å². The fourth-order valence-corrected chi connectivity index (χ4v) is 0.607. The molecule has 1 unspecified atom stereocenters. The van der Waals surface area contributed by atoms with Gasteiger partial charge in [0.25, 0.3) is 0 Å². The number of nitro groups is 1. The third-order valence-electron chi connectivity index (χ3n) is 1.08. The van der Waals surface area contributed by atoms with Crippen molar-refractivity contribution in [3.8, 4) is 0 Å². The maximum atomic E-state index is 10.1. The summed E-state index contributed by atoms with van der Waals surface area (Å²) in [6, 6.07) is 0. The predicted molar refractivity (Wildman–Crippen MR) is 35.6 cm³/mol. The van der Waals surface area contributed by atoms with Gasteiger partial charge in [0.2, 0.25) is 0 Å². The monoisotopic (exact) mass is 140 g/mol. The molecule has 5 heteroatoms. The van der Waals surface area contributed by atoms with E-state index in [0.717, 1.165) is 5.01 Å². The first kappa shape index (κ1) is 6.73. The fraction of sp³-hybridized carbons (Fsp3) is 0.200. The summed E-state index contributed by atoms with van der Waals surface area (Å²) >= 11 is 0. The molecule has 0 saturated heterocycles. The predicted octanol–water partition coefficient (Wildman–Crippen LogP) is 0.238. The average molecular weight is 140 g/mol. The molecule has 0 N–H and O–H groups in total. The van der Waals surface area contributed by atoms with Gasteiger partial charge in [-0.15, -0.1) is 0 Å². The van der Waals surface area contributed by atoms with Crippen molar-refractivity contribution < 1.29 is 5.03 Å². The van der Waals surface area contributed by atoms with Gasteiger partial charge >= 0.3 is 0 Å². The van der Waals surface area contributed by atoms with Crippen molar-refractivity contribution in [2.75, 3.05) is 0 Å². The Balaban J connectivity index is 2.70. The first-order valence-electron chi connectivity index (χ1n) is 2.67. The first-order chi connectivity index (χ1) is 4.72. The van der Waals surface area contributed by atoms with Crippen LogP contribution in [0.3, 0.4) is 0 Å². The second-order valence-corrected chi connectivity index (χ2v) is 1.74. The van der Waals surface area contributed by atoms with Crippen LogP contribution in [0.5, 0.6) is 0 Å². The first-order valence-corrected chi connectivity index (χ1v) is 2.67. The molecular weight excluding hydrogens is 134 g/mol. The maximum Gasteiger partial charge on any atom is 0.183 e. The van der Waals surface area contributed by atoms with Crippen LogP contribution < -0.4 is 0 Å². The molecule has 0 aliphatic carbocycles. The maximum absolute atomic E-state index is 10.1. The van der Waals surface area contributed by atoms with E-state index in [2.05, 4.69) is 11.9 Å². The second kappa shape index (κ2) is 2.47. The molecule has 1 radical (unpaired) electrons. The smallest absolute Gasteiger partial charge is 0.183 e. The van der Waals surface area contributed by atoms with Crippen LogP contribution in [0.1, 0.15) is 0 Å². The molecule has 1 atom stereocenters. The van der Waals surface area contributed by atoms with Crippen LogP contribution in [-0.2, 0) is 0 Å². The SMILES string of the molecule is [CH2]C1N=CC=CN1[N+](=O)[O-]. The lowest BCUT2D eigenvalue weighted by atomic mass is 10.5. The Bertz CT molecular complexity index is 199. The molecule has 0 aromatic rings. The van der Waals surface area contributed by atoms with E-state index in [-0.39, 0.29) is 0 Å². The molecule has 0 aromatic heterocycles. The molecular formula is C5H6N3O2. The Morgan fingerprint density at radius 2 is 2.50 bits per heavy atom. The molecule has 1 heterocycles. The number of allylic oxidation sites excluding steroid dienone is 1. The summed E-state index contributed by atoms with van der Waals surface area (Å²) in [5, 5.41) is 10.4. The molecule has 0 spiro atoms. The van der Waals surface area contributed by atoms with E-state index in [9.17, 15) is 10.1 Å². The average Bonchev–Trinajstić information content (AvgIpc) is 1.88. The number of aliphatic imine (C=N–C) groups is 1. The zero-order chi connectivity index (χ0) is 7.56. The van der Waals surface area contributed by atoms with Crippen LogP contribution in [0.25, 0.3) is 0 Å². The second-order valence-electron chi connectivity index (χ2n) is 1.74. The van der Waals surface area contributed by atoms with E-state index < -0.39 is 11.2 Å². The van der Waals surface area contributed by atoms with Crippen molar-refractivity contribution in [3.05, 3.63) is 29.3 Å². The zero-order valence-electron chi connectivity index (χ0n) is 5.17. The zero-order valence-corrected chi connectivity index (χ0v) is 5.17. The summed E-state index contributed by atoms with van der Waals surface area (Å²) in [5.41, 5.74) is 0. The van der Waals surface area contributed by atoms with Gasteiger partial charge in [-0.25, -0.2) is 10.1 Å². The Kier molecular flexibility index (Phi) is 1.66. The number of hydrazine groups is 1. The Morgan fingerprint density at radius 1 is 1.80 bits per heavy atom. The lowest BCUT2D eigenvalue weighted by Gasteiger charge is -2.14. The third kappa shape index (κ3) is 1.12. The standard InChI is InChI=1S/C5H6N3O2/c1-5-6-3-2-4-7(5)8(9)10/h2-5H,1H2. The fourth-order valence-electron chi connectivity index (χ4n) is 0.607. The van der Waals surface area contributed by atoms with Crippen molar-refractivity contribution in [2.45, 2.75) is 6.17 Å². The Labute approximate surface area is 57.8 Å². The quantitative estimate of drug-likeness (QED) is 0.387. The third-order valence-corrected chi connectivity index (χ3v) is 1.08. The van der Waals surface area contributed by atoms with E-state index >= 15 is 0 Å². The topological polar surface area (TPSA) is 58.7 Å². The van der Waals surface area contributed by atoms with Gasteiger partial charge in [0.15, 0.2) is 11.2 Å². The van der Waals surface area contributed by atoms with Crippen molar-refractivity contribution in [2.24, 2.45) is 4.99 Å². The van der Waals surface area contributed by atoms with Gasteiger partial charge in [-0.2, -0.15) is 0 Å². The molecule has 0 saturated carbocycles. The van der Waals surface area contributed by atoms with Gasteiger partial charge in [-0.1, -0.05) is 5.01 Å². The van der Waals surface area contributed by atoms with Crippen molar-refractivity contribution in [1.82, 2.24) is 5.01 Å². The molecule has 0 aromatic carbocycles. The molecule has 1 rings (SSSR count). The minimum absolute atomic E-state index is 0.551. The molecule has 53 valence electrons. The van der Waals surface area contributed by atoms with E-state index in [4.69, 9.17) is 0 Å².